The standard InChI is InChI=1S/C16H18N2O/c17-16-15(13-5-1-2-6-14(13)19-16)11-7-9-18-8-3-4-12(18)10-11/h1-2,5-7,12H,3-4,8-10,17H2. The number of para-hydroxylation sites is 1. The van der Waals surface area contributed by atoms with E-state index in [4.69, 9.17) is 10.2 Å². The van der Waals surface area contributed by atoms with Crippen LogP contribution in [-0.2, 0) is 0 Å². The molecule has 19 heavy (non-hydrogen) atoms. The van der Waals surface area contributed by atoms with E-state index in [2.05, 4.69) is 17.0 Å². The minimum atomic E-state index is 0.568. The highest BCUT2D eigenvalue weighted by Gasteiger charge is 2.29. The lowest BCUT2D eigenvalue weighted by atomic mass is 9.93. The van der Waals surface area contributed by atoms with Crippen molar-refractivity contribution in [3.8, 4) is 0 Å². The Hall–Kier alpha value is -1.74. The maximum absolute atomic E-state index is 6.10. The van der Waals surface area contributed by atoms with Crippen LogP contribution in [0.2, 0.25) is 0 Å². The average Bonchev–Trinajstić information content (AvgIpc) is 3.00. The van der Waals surface area contributed by atoms with Crippen molar-refractivity contribution >= 4 is 22.4 Å². The lowest BCUT2D eigenvalue weighted by Crippen LogP contribution is -2.32. The zero-order chi connectivity index (χ0) is 12.8. The molecule has 0 aliphatic carbocycles. The first kappa shape index (κ1) is 11.1. The van der Waals surface area contributed by atoms with Gasteiger partial charge in [-0.2, -0.15) is 0 Å². The molecule has 0 bridgehead atoms. The number of benzene rings is 1. The Balaban J connectivity index is 1.80. The number of hydrogen-bond acceptors (Lipinski definition) is 3. The molecule has 0 saturated carbocycles. The van der Waals surface area contributed by atoms with Crippen LogP contribution < -0.4 is 5.73 Å². The second-order valence-electron chi connectivity index (χ2n) is 5.56. The SMILES string of the molecule is Nc1oc2ccccc2c1C1=CCN2CCCC2C1. The van der Waals surface area contributed by atoms with Crippen LogP contribution in [-0.4, -0.2) is 24.0 Å². The average molecular weight is 254 g/mol. The second kappa shape index (κ2) is 4.14. The van der Waals surface area contributed by atoms with Crippen LogP contribution in [0.25, 0.3) is 16.5 Å². The minimum absolute atomic E-state index is 0.568. The molecule has 1 unspecified atom stereocenters. The summed E-state index contributed by atoms with van der Waals surface area (Å²) in [7, 11) is 0. The van der Waals surface area contributed by atoms with E-state index in [1.165, 1.54) is 25.0 Å². The summed E-state index contributed by atoms with van der Waals surface area (Å²) in [6, 6.07) is 8.83. The predicted octanol–water partition coefficient (Wildman–Crippen LogP) is 3.27. The van der Waals surface area contributed by atoms with Gasteiger partial charge in [-0.1, -0.05) is 24.3 Å². The minimum Gasteiger partial charge on any atom is -0.440 e. The summed E-state index contributed by atoms with van der Waals surface area (Å²) in [6.07, 6.45) is 6.07. The molecule has 0 radical (unpaired) electrons. The molecule has 1 atom stereocenters. The first-order chi connectivity index (χ1) is 9.33. The second-order valence-corrected chi connectivity index (χ2v) is 5.56. The van der Waals surface area contributed by atoms with Crippen LogP contribution >= 0.6 is 0 Å². The molecule has 3 heterocycles. The molecule has 1 fully saturated rings. The Morgan fingerprint density at radius 1 is 1.26 bits per heavy atom. The highest BCUT2D eigenvalue weighted by atomic mass is 16.3. The zero-order valence-corrected chi connectivity index (χ0v) is 10.9. The van der Waals surface area contributed by atoms with Crippen LogP contribution in [0.4, 0.5) is 5.88 Å². The molecular weight excluding hydrogens is 236 g/mol. The van der Waals surface area contributed by atoms with Gasteiger partial charge in [-0.15, -0.1) is 0 Å². The van der Waals surface area contributed by atoms with E-state index in [1.807, 2.05) is 18.2 Å². The highest BCUT2D eigenvalue weighted by Crippen LogP contribution is 2.39. The molecule has 1 aromatic carbocycles. The fourth-order valence-corrected chi connectivity index (χ4v) is 3.53. The summed E-state index contributed by atoms with van der Waals surface area (Å²) >= 11 is 0. The molecule has 98 valence electrons. The van der Waals surface area contributed by atoms with Gasteiger partial charge in [0.15, 0.2) is 5.88 Å². The summed E-state index contributed by atoms with van der Waals surface area (Å²) in [4.78, 5) is 2.57. The van der Waals surface area contributed by atoms with E-state index in [0.717, 1.165) is 29.5 Å². The first-order valence-electron chi connectivity index (χ1n) is 7.03. The zero-order valence-electron chi connectivity index (χ0n) is 10.9. The van der Waals surface area contributed by atoms with Crippen LogP contribution in [0.3, 0.4) is 0 Å². The fraction of sp³-hybridized carbons (Fsp3) is 0.375. The molecule has 2 aromatic rings. The van der Waals surface area contributed by atoms with Gasteiger partial charge in [0, 0.05) is 23.5 Å². The topological polar surface area (TPSA) is 42.4 Å². The lowest BCUT2D eigenvalue weighted by molar-refractivity contribution is 0.275. The maximum Gasteiger partial charge on any atom is 0.199 e. The first-order valence-corrected chi connectivity index (χ1v) is 7.03. The quantitative estimate of drug-likeness (QED) is 0.849. The van der Waals surface area contributed by atoms with Gasteiger partial charge in [-0.3, -0.25) is 4.90 Å². The molecule has 0 amide bonds. The normalized spacial score (nSPS) is 23.6. The van der Waals surface area contributed by atoms with Gasteiger partial charge in [-0.05, 0) is 37.4 Å². The number of nitrogens with two attached hydrogens (primary N) is 1. The molecule has 3 heteroatoms. The third-order valence-electron chi connectivity index (χ3n) is 4.47. The Labute approximate surface area is 112 Å². The smallest absolute Gasteiger partial charge is 0.199 e. The summed E-state index contributed by atoms with van der Waals surface area (Å²) in [5.74, 6) is 0.568. The Morgan fingerprint density at radius 2 is 2.16 bits per heavy atom. The summed E-state index contributed by atoms with van der Waals surface area (Å²) in [5.41, 5.74) is 9.49. The van der Waals surface area contributed by atoms with Crippen molar-refractivity contribution in [1.29, 1.82) is 0 Å². The van der Waals surface area contributed by atoms with Crippen molar-refractivity contribution in [1.82, 2.24) is 4.90 Å². The third kappa shape index (κ3) is 1.69. The monoisotopic (exact) mass is 254 g/mol. The number of fused-ring (bicyclic) bond motifs is 2. The predicted molar refractivity (Wildman–Crippen MR) is 77.8 cm³/mol. The van der Waals surface area contributed by atoms with Crippen molar-refractivity contribution in [3.05, 3.63) is 35.9 Å². The van der Waals surface area contributed by atoms with Gasteiger partial charge in [0.05, 0.1) is 0 Å². The summed E-state index contributed by atoms with van der Waals surface area (Å²) < 4.78 is 5.69. The van der Waals surface area contributed by atoms with E-state index in [-0.39, 0.29) is 0 Å². The van der Waals surface area contributed by atoms with Crippen LogP contribution in [0, 0.1) is 0 Å². The molecule has 1 aromatic heterocycles. The molecule has 3 nitrogen and oxygen atoms in total. The Morgan fingerprint density at radius 3 is 3.11 bits per heavy atom. The Bertz CT molecular complexity index is 656. The van der Waals surface area contributed by atoms with E-state index >= 15 is 0 Å². The van der Waals surface area contributed by atoms with Gasteiger partial charge in [0.25, 0.3) is 0 Å². The van der Waals surface area contributed by atoms with Gasteiger partial charge < -0.3 is 10.2 Å². The molecule has 4 rings (SSSR count). The van der Waals surface area contributed by atoms with E-state index < -0.39 is 0 Å². The van der Waals surface area contributed by atoms with Crippen molar-refractivity contribution < 1.29 is 4.42 Å². The number of nitrogen functional groups attached to an aromatic ring is 1. The van der Waals surface area contributed by atoms with Crippen molar-refractivity contribution in [2.24, 2.45) is 0 Å². The summed E-state index contributed by atoms with van der Waals surface area (Å²) in [6.45, 7) is 2.30. The fourth-order valence-electron chi connectivity index (χ4n) is 3.53. The molecule has 2 N–H and O–H groups in total. The van der Waals surface area contributed by atoms with E-state index in [9.17, 15) is 0 Å². The van der Waals surface area contributed by atoms with Crippen LogP contribution in [0.1, 0.15) is 24.8 Å². The highest BCUT2D eigenvalue weighted by molar-refractivity contribution is 5.96. The molecule has 0 spiro atoms. The van der Waals surface area contributed by atoms with Crippen molar-refractivity contribution in [2.75, 3.05) is 18.8 Å². The number of anilines is 1. The van der Waals surface area contributed by atoms with Crippen molar-refractivity contribution in [3.63, 3.8) is 0 Å². The Kier molecular flexibility index (Phi) is 2.42. The molecule has 2 aliphatic rings. The van der Waals surface area contributed by atoms with Crippen molar-refractivity contribution in [2.45, 2.75) is 25.3 Å². The molecule has 2 aliphatic heterocycles. The lowest BCUT2D eigenvalue weighted by Gasteiger charge is -2.29. The third-order valence-corrected chi connectivity index (χ3v) is 4.47. The number of furan rings is 1. The van der Waals surface area contributed by atoms with Crippen LogP contribution in [0.15, 0.2) is 34.8 Å². The van der Waals surface area contributed by atoms with E-state index in [0.29, 0.717) is 11.9 Å². The van der Waals surface area contributed by atoms with Crippen LogP contribution in [0.5, 0.6) is 0 Å². The van der Waals surface area contributed by atoms with Gasteiger partial charge >= 0.3 is 0 Å². The largest absolute Gasteiger partial charge is 0.440 e. The van der Waals surface area contributed by atoms with E-state index in [1.54, 1.807) is 0 Å². The number of hydrogen-bond donors (Lipinski definition) is 1. The maximum atomic E-state index is 6.10. The van der Waals surface area contributed by atoms with Gasteiger partial charge in [0.2, 0.25) is 0 Å². The number of nitrogens with zero attached hydrogens (tertiary/aromatic N) is 1. The molecular formula is C16H18N2O. The summed E-state index contributed by atoms with van der Waals surface area (Å²) in [5, 5.41) is 1.15. The van der Waals surface area contributed by atoms with Gasteiger partial charge in [0.1, 0.15) is 5.58 Å². The number of rotatable bonds is 1. The molecule has 1 saturated heterocycles. The van der Waals surface area contributed by atoms with Gasteiger partial charge in [-0.25, -0.2) is 0 Å².